The van der Waals surface area contributed by atoms with Gasteiger partial charge in [-0.3, -0.25) is 9.52 Å². The van der Waals surface area contributed by atoms with Crippen molar-refractivity contribution < 1.29 is 13.2 Å². The average molecular weight is 452 g/mol. The minimum absolute atomic E-state index is 0.0375. The van der Waals surface area contributed by atoms with Gasteiger partial charge in [-0.05, 0) is 81.4 Å². The number of aryl methyl sites for hydroxylation is 2. The highest BCUT2D eigenvalue weighted by Gasteiger charge is 2.19. The Balaban J connectivity index is 1.77. The van der Waals surface area contributed by atoms with Gasteiger partial charge >= 0.3 is 0 Å². The maximum Gasteiger partial charge on any atom is 0.261 e. The van der Waals surface area contributed by atoms with Crippen molar-refractivity contribution in [3.05, 3.63) is 89.0 Å². The lowest BCUT2D eigenvalue weighted by atomic mass is 10.1. The van der Waals surface area contributed by atoms with Crippen LogP contribution < -0.4 is 10.0 Å². The van der Waals surface area contributed by atoms with E-state index in [9.17, 15) is 13.2 Å². The van der Waals surface area contributed by atoms with Crippen molar-refractivity contribution in [2.45, 2.75) is 25.2 Å². The molecule has 0 spiro atoms. The summed E-state index contributed by atoms with van der Waals surface area (Å²) in [6.07, 6.45) is 0.925. The minimum Gasteiger partial charge on any atom is -0.322 e. The Hall–Kier alpha value is -3.16. The van der Waals surface area contributed by atoms with Crippen LogP contribution in [0.15, 0.2) is 71.6 Å². The van der Waals surface area contributed by atoms with Crippen LogP contribution in [-0.4, -0.2) is 39.9 Å². The first-order chi connectivity index (χ1) is 15.2. The van der Waals surface area contributed by atoms with Crippen LogP contribution >= 0.6 is 0 Å². The maximum atomic E-state index is 12.9. The van der Waals surface area contributed by atoms with Gasteiger partial charge in [0, 0.05) is 17.8 Å². The van der Waals surface area contributed by atoms with E-state index in [0.717, 1.165) is 18.5 Å². The molecule has 0 saturated heterocycles. The van der Waals surface area contributed by atoms with Crippen molar-refractivity contribution in [2.24, 2.45) is 0 Å². The van der Waals surface area contributed by atoms with Gasteiger partial charge in [0.1, 0.15) is 0 Å². The Morgan fingerprint density at radius 3 is 2.25 bits per heavy atom. The predicted molar refractivity (Wildman–Crippen MR) is 130 cm³/mol. The Morgan fingerprint density at radius 2 is 1.59 bits per heavy atom. The molecule has 0 bridgehead atoms. The van der Waals surface area contributed by atoms with Crippen LogP contribution in [0.1, 0.15) is 27.0 Å². The molecule has 0 atom stereocenters. The lowest BCUT2D eigenvalue weighted by molar-refractivity contribution is 0.102. The zero-order chi connectivity index (χ0) is 23.3. The van der Waals surface area contributed by atoms with Gasteiger partial charge in [-0.15, -0.1) is 0 Å². The number of nitrogens with zero attached hydrogens (tertiary/aromatic N) is 1. The van der Waals surface area contributed by atoms with Crippen molar-refractivity contribution >= 4 is 27.3 Å². The maximum absolute atomic E-state index is 12.9. The molecule has 0 aromatic heterocycles. The monoisotopic (exact) mass is 451 g/mol. The molecule has 0 aliphatic heterocycles. The van der Waals surface area contributed by atoms with Gasteiger partial charge in [0.15, 0.2) is 0 Å². The summed E-state index contributed by atoms with van der Waals surface area (Å²) >= 11 is 0. The normalized spacial score (nSPS) is 11.4. The summed E-state index contributed by atoms with van der Waals surface area (Å²) < 4.78 is 28.4. The number of nitrogens with one attached hydrogen (secondary N) is 2. The number of hydrogen-bond acceptors (Lipinski definition) is 4. The van der Waals surface area contributed by atoms with Gasteiger partial charge in [-0.25, -0.2) is 8.42 Å². The molecule has 1 amide bonds. The fraction of sp³-hybridized carbons (Fsp3) is 0.240. The number of carbonyl (C=O) groups excluding carboxylic acids is 1. The topological polar surface area (TPSA) is 78.5 Å². The number of benzene rings is 3. The van der Waals surface area contributed by atoms with E-state index in [1.165, 1.54) is 17.7 Å². The lowest BCUT2D eigenvalue weighted by Crippen LogP contribution is -2.17. The molecule has 3 aromatic carbocycles. The third kappa shape index (κ3) is 5.96. The first kappa shape index (κ1) is 23.5. The third-order valence-electron chi connectivity index (χ3n) is 5.21. The summed E-state index contributed by atoms with van der Waals surface area (Å²) in [4.78, 5) is 15.0. The van der Waals surface area contributed by atoms with E-state index >= 15 is 0 Å². The lowest BCUT2D eigenvalue weighted by Gasteiger charge is -2.13. The van der Waals surface area contributed by atoms with Crippen LogP contribution in [0.25, 0.3) is 0 Å². The van der Waals surface area contributed by atoms with Crippen molar-refractivity contribution in [2.75, 3.05) is 30.7 Å². The number of anilines is 2. The quantitative estimate of drug-likeness (QED) is 0.530. The van der Waals surface area contributed by atoms with Crippen molar-refractivity contribution in [1.82, 2.24) is 4.90 Å². The fourth-order valence-electron chi connectivity index (χ4n) is 3.21. The largest absolute Gasteiger partial charge is 0.322 e. The molecule has 7 heteroatoms. The van der Waals surface area contributed by atoms with Gasteiger partial charge in [-0.1, -0.05) is 36.4 Å². The standard InChI is InChI=1S/C25H29N3O3S/c1-18-9-14-22(32(30,31)27-24-8-6-5-7-19(24)2)17-23(18)25(29)26-21-12-10-20(11-13-21)15-16-28(3)4/h5-14,17,27H,15-16H2,1-4H3,(H,26,29). The molecular formula is C25H29N3O3S. The van der Waals surface area contributed by atoms with Gasteiger partial charge in [0.05, 0.1) is 10.6 Å². The fourth-order valence-corrected chi connectivity index (χ4v) is 4.37. The highest BCUT2D eigenvalue weighted by molar-refractivity contribution is 7.92. The Labute approximate surface area is 190 Å². The van der Waals surface area contributed by atoms with Crippen LogP contribution in [0.4, 0.5) is 11.4 Å². The van der Waals surface area contributed by atoms with Crippen LogP contribution in [0.5, 0.6) is 0 Å². The summed E-state index contributed by atoms with van der Waals surface area (Å²) in [6.45, 7) is 4.56. The van der Waals surface area contributed by atoms with E-state index in [-0.39, 0.29) is 10.8 Å². The van der Waals surface area contributed by atoms with Crippen molar-refractivity contribution in [3.8, 4) is 0 Å². The van der Waals surface area contributed by atoms with Gasteiger partial charge in [0.2, 0.25) is 0 Å². The van der Waals surface area contributed by atoms with Crippen LogP contribution in [0, 0.1) is 13.8 Å². The Bertz CT molecular complexity index is 1200. The van der Waals surface area contributed by atoms with Gasteiger partial charge < -0.3 is 10.2 Å². The molecule has 32 heavy (non-hydrogen) atoms. The molecule has 0 fully saturated rings. The second kappa shape index (κ2) is 9.97. The molecule has 0 aliphatic carbocycles. The van der Waals surface area contributed by atoms with Crippen molar-refractivity contribution in [3.63, 3.8) is 0 Å². The number of sulfonamides is 1. The highest BCUT2D eigenvalue weighted by Crippen LogP contribution is 2.22. The molecule has 0 radical (unpaired) electrons. The Kier molecular flexibility index (Phi) is 7.33. The second-order valence-corrected chi connectivity index (χ2v) is 9.78. The van der Waals surface area contributed by atoms with E-state index in [0.29, 0.717) is 22.5 Å². The number of carbonyl (C=O) groups is 1. The molecule has 6 nitrogen and oxygen atoms in total. The molecule has 0 unspecified atom stereocenters. The molecule has 0 aliphatic rings. The number of para-hydroxylation sites is 1. The number of rotatable bonds is 8. The summed E-state index contributed by atoms with van der Waals surface area (Å²) in [5, 5.41) is 2.86. The average Bonchev–Trinajstić information content (AvgIpc) is 2.75. The smallest absolute Gasteiger partial charge is 0.261 e. The first-order valence-electron chi connectivity index (χ1n) is 10.4. The minimum atomic E-state index is -3.83. The van der Waals surface area contributed by atoms with E-state index in [1.54, 1.807) is 25.1 Å². The number of hydrogen-bond donors (Lipinski definition) is 2. The van der Waals surface area contributed by atoms with Gasteiger partial charge in [-0.2, -0.15) is 0 Å². The Morgan fingerprint density at radius 1 is 0.906 bits per heavy atom. The van der Waals surface area contributed by atoms with E-state index in [1.807, 2.05) is 57.4 Å². The zero-order valence-electron chi connectivity index (χ0n) is 18.8. The zero-order valence-corrected chi connectivity index (χ0v) is 19.7. The molecule has 0 heterocycles. The molecule has 0 saturated carbocycles. The van der Waals surface area contributed by atoms with E-state index < -0.39 is 10.0 Å². The van der Waals surface area contributed by atoms with E-state index in [4.69, 9.17) is 0 Å². The second-order valence-electron chi connectivity index (χ2n) is 8.10. The summed E-state index contributed by atoms with van der Waals surface area (Å²) in [5.41, 5.74) is 4.18. The van der Waals surface area contributed by atoms with Crippen LogP contribution in [-0.2, 0) is 16.4 Å². The summed E-state index contributed by atoms with van der Waals surface area (Å²) in [5.74, 6) is -0.350. The molecule has 2 N–H and O–H groups in total. The van der Waals surface area contributed by atoms with E-state index in [2.05, 4.69) is 14.9 Å². The van der Waals surface area contributed by atoms with Crippen molar-refractivity contribution in [1.29, 1.82) is 0 Å². The number of amides is 1. The highest BCUT2D eigenvalue weighted by atomic mass is 32.2. The van der Waals surface area contributed by atoms with Crippen LogP contribution in [0.3, 0.4) is 0 Å². The number of likely N-dealkylation sites (N-methyl/N-ethyl adjacent to an activating group) is 1. The molecular weight excluding hydrogens is 422 g/mol. The predicted octanol–water partition coefficient (Wildman–Crippen LogP) is 4.46. The SMILES string of the molecule is Cc1ccccc1NS(=O)(=O)c1ccc(C)c(C(=O)Nc2ccc(CCN(C)C)cc2)c1. The van der Waals surface area contributed by atoms with Gasteiger partial charge in [0.25, 0.3) is 15.9 Å². The molecule has 3 aromatic rings. The van der Waals surface area contributed by atoms with Crippen LogP contribution in [0.2, 0.25) is 0 Å². The summed E-state index contributed by atoms with van der Waals surface area (Å²) in [7, 11) is 0.225. The molecule has 3 rings (SSSR count). The first-order valence-corrected chi connectivity index (χ1v) is 11.9. The third-order valence-corrected chi connectivity index (χ3v) is 6.58. The summed E-state index contributed by atoms with van der Waals surface area (Å²) in [6, 6.07) is 19.4. The molecule has 168 valence electrons.